The molecule has 0 bridgehead atoms. The van der Waals surface area contributed by atoms with Crippen molar-refractivity contribution in [3.63, 3.8) is 0 Å². The highest BCUT2D eigenvalue weighted by Gasteiger charge is 2.51. The molecule has 12 nitrogen and oxygen atoms in total. The molecular formula is C43H75O12P. The van der Waals surface area contributed by atoms with Gasteiger partial charge in [-0.1, -0.05) is 120 Å². The van der Waals surface area contributed by atoms with Crippen molar-refractivity contribution in [2.75, 3.05) is 19.8 Å². The quantitative estimate of drug-likeness (QED) is 0.0160. The van der Waals surface area contributed by atoms with Gasteiger partial charge in [-0.3, -0.25) is 13.8 Å². The fourth-order valence-electron chi connectivity index (χ4n) is 5.99. The molecule has 0 radical (unpaired) electrons. The topological polar surface area (TPSA) is 192 Å². The number of aliphatic hydroxyl groups excluding tert-OH is 5. The second kappa shape index (κ2) is 34.0. The first kappa shape index (κ1) is 52.1. The summed E-state index contributed by atoms with van der Waals surface area (Å²) in [4.78, 5) is 23.1. The van der Waals surface area contributed by atoms with Crippen molar-refractivity contribution in [3.05, 3.63) is 60.8 Å². The minimum absolute atomic E-state index is 0.100. The Bertz CT molecular complexity index is 1160. The molecule has 1 rings (SSSR count). The molecule has 56 heavy (non-hydrogen) atoms. The molecule has 6 N–H and O–H groups in total. The lowest BCUT2D eigenvalue weighted by molar-refractivity contribution is -0.220. The molecule has 1 saturated carbocycles. The number of esters is 1. The predicted octanol–water partition coefficient (Wildman–Crippen LogP) is 7.86. The SMILES string of the molecule is CC/C=C\C/C=C\C/C=C\CCCCCCOCC(COP(=O)(O)OC1C(O)C(O)C(O)C(O)C1O)OC(=O)CCCCCCC/C=C\C/C=C\CCCCC. The van der Waals surface area contributed by atoms with Crippen molar-refractivity contribution >= 4 is 13.8 Å². The van der Waals surface area contributed by atoms with Gasteiger partial charge in [0.15, 0.2) is 0 Å². The Hall–Kier alpha value is -1.96. The Morgan fingerprint density at radius 2 is 1.05 bits per heavy atom. The maximum atomic E-state index is 12.8. The highest BCUT2D eigenvalue weighted by molar-refractivity contribution is 7.47. The summed E-state index contributed by atoms with van der Waals surface area (Å²) in [5, 5.41) is 50.1. The number of carbonyl (C=O) groups is 1. The molecule has 0 aromatic carbocycles. The average Bonchev–Trinajstić information content (AvgIpc) is 3.18. The predicted molar refractivity (Wildman–Crippen MR) is 221 cm³/mol. The second-order valence-electron chi connectivity index (χ2n) is 14.5. The molecule has 0 spiro atoms. The zero-order valence-corrected chi connectivity index (χ0v) is 35.1. The van der Waals surface area contributed by atoms with E-state index in [0.29, 0.717) is 13.0 Å². The number of hydrogen-bond donors (Lipinski definition) is 6. The summed E-state index contributed by atoms with van der Waals surface area (Å²) in [6, 6.07) is 0. The van der Waals surface area contributed by atoms with Crippen LogP contribution in [0.3, 0.4) is 0 Å². The Morgan fingerprint density at radius 1 is 0.589 bits per heavy atom. The lowest BCUT2D eigenvalue weighted by Crippen LogP contribution is -2.64. The summed E-state index contributed by atoms with van der Waals surface area (Å²) in [6.07, 6.45) is 28.6. The van der Waals surface area contributed by atoms with Crippen molar-refractivity contribution in [2.45, 2.75) is 185 Å². The van der Waals surface area contributed by atoms with Crippen LogP contribution in [0.2, 0.25) is 0 Å². The Balaban J connectivity index is 2.47. The zero-order chi connectivity index (χ0) is 41.3. The van der Waals surface area contributed by atoms with Gasteiger partial charge in [-0.2, -0.15) is 0 Å². The number of phosphoric ester groups is 1. The Labute approximate surface area is 337 Å². The molecule has 0 heterocycles. The van der Waals surface area contributed by atoms with E-state index in [1.807, 2.05) is 0 Å². The minimum Gasteiger partial charge on any atom is -0.457 e. The van der Waals surface area contributed by atoms with Gasteiger partial charge in [0, 0.05) is 13.0 Å². The van der Waals surface area contributed by atoms with E-state index in [1.165, 1.54) is 19.3 Å². The maximum Gasteiger partial charge on any atom is 0.472 e. The van der Waals surface area contributed by atoms with Gasteiger partial charge in [-0.05, 0) is 77.0 Å². The molecule has 0 amide bonds. The van der Waals surface area contributed by atoms with Crippen LogP contribution < -0.4 is 0 Å². The largest absolute Gasteiger partial charge is 0.472 e. The number of ether oxygens (including phenoxy) is 2. The molecular weight excluding hydrogens is 739 g/mol. The third kappa shape index (κ3) is 26.1. The lowest BCUT2D eigenvalue weighted by Gasteiger charge is -2.41. The summed E-state index contributed by atoms with van der Waals surface area (Å²) in [5.41, 5.74) is 0. The van der Waals surface area contributed by atoms with E-state index < -0.39 is 63.1 Å². The van der Waals surface area contributed by atoms with Crippen LogP contribution in [-0.2, 0) is 27.9 Å². The molecule has 6 atom stereocenters. The molecule has 0 aliphatic heterocycles. The van der Waals surface area contributed by atoms with E-state index in [9.17, 15) is 39.8 Å². The molecule has 324 valence electrons. The third-order valence-electron chi connectivity index (χ3n) is 9.37. The Morgan fingerprint density at radius 3 is 1.61 bits per heavy atom. The molecule has 1 aliphatic rings. The monoisotopic (exact) mass is 814 g/mol. The first-order valence-electron chi connectivity index (χ1n) is 21.1. The second-order valence-corrected chi connectivity index (χ2v) is 15.9. The zero-order valence-electron chi connectivity index (χ0n) is 34.2. The van der Waals surface area contributed by atoms with Crippen LogP contribution in [0.5, 0.6) is 0 Å². The molecule has 13 heteroatoms. The standard InChI is InChI=1S/C43H75O12P/c1-3-5-7-9-11-13-15-17-19-20-22-24-26-28-30-32-37(44)54-36(34-52-33-31-29-27-25-23-21-18-16-14-12-10-8-6-4-2)35-53-56(50,51)55-43-41(48)39(46)38(45)40(47)42(43)49/h6,8,11-14,17-19,21,36,38-43,45-49H,3-5,7,9-10,15-16,20,22-35H2,1-2H3,(H,50,51)/b8-6-,13-11-,14-12-,19-17-,21-18-. The van der Waals surface area contributed by atoms with Crippen molar-refractivity contribution in [1.29, 1.82) is 0 Å². The number of phosphoric acid groups is 1. The average molecular weight is 815 g/mol. The van der Waals surface area contributed by atoms with Crippen molar-refractivity contribution in [2.24, 2.45) is 0 Å². The van der Waals surface area contributed by atoms with E-state index in [-0.39, 0.29) is 13.0 Å². The summed E-state index contributed by atoms with van der Waals surface area (Å²) in [7, 11) is -5.03. The van der Waals surface area contributed by atoms with Gasteiger partial charge in [0.1, 0.15) is 42.7 Å². The number of allylic oxidation sites excluding steroid dienone is 10. The third-order valence-corrected chi connectivity index (χ3v) is 10.4. The van der Waals surface area contributed by atoms with Crippen molar-refractivity contribution in [1.82, 2.24) is 0 Å². The van der Waals surface area contributed by atoms with Crippen LogP contribution in [0, 0.1) is 0 Å². The smallest absolute Gasteiger partial charge is 0.457 e. The van der Waals surface area contributed by atoms with E-state index in [4.69, 9.17) is 18.5 Å². The molecule has 0 saturated heterocycles. The summed E-state index contributed by atoms with van der Waals surface area (Å²) >= 11 is 0. The fraction of sp³-hybridized carbons (Fsp3) is 0.744. The first-order chi connectivity index (χ1) is 27.0. The van der Waals surface area contributed by atoms with Gasteiger partial charge in [0.2, 0.25) is 0 Å². The van der Waals surface area contributed by atoms with Gasteiger partial charge in [0.25, 0.3) is 0 Å². The summed E-state index contributed by atoms with van der Waals surface area (Å²) in [6.45, 7) is 4.03. The molecule has 6 unspecified atom stereocenters. The highest BCUT2D eigenvalue weighted by Crippen LogP contribution is 2.47. The van der Waals surface area contributed by atoms with Gasteiger partial charge < -0.3 is 39.9 Å². The van der Waals surface area contributed by atoms with E-state index >= 15 is 0 Å². The number of carbonyl (C=O) groups excluding carboxylic acids is 1. The molecule has 0 aromatic rings. The molecule has 1 fully saturated rings. The van der Waals surface area contributed by atoms with Gasteiger partial charge in [-0.15, -0.1) is 0 Å². The minimum atomic E-state index is -5.03. The summed E-state index contributed by atoms with van der Waals surface area (Å²) in [5.74, 6) is -0.503. The Kier molecular flexibility index (Phi) is 31.6. The van der Waals surface area contributed by atoms with Gasteiger partial charge in [-0.25, -0.2) is 4.57 Å². The van der Waals surface area contributed by atoms with E-state index in [1.54, 1.807) is 0 Å². The van der Waals surface area contributed by atoms with Gasteiger partial charge in [0.05, 0.1) is 13.2 Å². The number of aliphatic hydroxyl groups is 5. The van der Waals surface area contributed by atoms with Crippen LogP contribution in [0.25, 0.3) is 0 Å². The van der Waals surface area contributed by atoms with Crippen molar-refractivity contribution < 1.29 is 58.3 Å². The lowest BCUT2D eigenvalue weighted by atomic mass is 9.85. The van der Waals surface area contributed by atoms with Crippen LogP contribution in [0.15, 0.2) is 60.8 Å². The normalized spacial score (nSPS) is 23.6. The van der Waals surface area contributed by atoms with Gasteiger partial charge >= 0.3 is 13.8 Å². The van der Waals surface area contributed by atoms with E-state index in [2.05, 4.69) is 74.6 Å². The number of unbranched alkanes of at least 4 members (excludes halogenated alkanes) is 12. The van der Waals surface area contributed by atoms with E-state index in [0.717, 1.165) is 96.3 Å². The van der Waals surface area contributed by atoms with Crippen molar-refractivity contribution in [3.8, 4) is 0 Å². The van der Waals surface area contributed by atoms with Crippen LogP contribution in [-0.4, -0.2) is 98.9 Å². The fourth-order valence-corrected chi connectivity index (χ4v) is 6.96. The highest BCUT2D eigenvalue weighted by atomic mass is 31.2. The maximum absolute atomic E-state index is 12.8. The first-order valence-corrected chi connectivity index (χ1v) is 22.6. The number of hydrogen-bond acceptors (Lipinski definition) is 11. The number of rotatable bonds is 34. The molecule has 0 aromatic heterocycles. The van der Waals surface area contributed by atoms with Crippen LogP contribution in [0.1, 0.15) is 142 Å². The van der Waals surface area contributed by atoms with Crippen LogP contribution in [0.4, 0.5) is 0 Å². The van der Waals surface area contributed by atoms with Crippen LogP contribution >= 0.6 is 7.82 Å². The summed E-state index contributed by atoms with van der Waals surface area (Å²) < 4.78 is 34.0. The molecule has 1 aliphatic carbocycles.